The zero-order valence-electron chi connectivity index (χ0n) is 21.8. The zero-order valence-corrected chi connectivity index (χ0v) is 21.8. The largest absolute Gasteiger partial charge is 0.340 e. The number of aryl methyl sites for hydroxylation is 2. The Morgan fingerprint density at radius 1 is 0.395 bits per heavy atom. The van der Waals surface area contributed by atoms with E-state index < -0.39 is 0 Å². The number of aromatic nitrogens is 2. The Bertz CT molecular complexity index is 1690. The van der Waals surface area contributed by atoms with E-state index >= 15 is 0 Å². The van der Waals surface area contributed by atoms with Crippen LogP contribution < -0.4 is 0 Å². The van der Waals surface area contributed by atoms with Crippen LogP contribution in [0.5, 0.6) is 0 Å². The van der Waals surface area contributed by atoms with Gasteiger partial charge in [0.1, 0.15) is 0 Å². The van der Waals surface area contributed by atoms with Gasteiger partial charge in [0, 0.05) is 56.7 Å². The molecule has 186 valence electrons. The van der Waals surface area contributed by atoms with Gasteiger partial charge in [-0.1, -0.05) is 24.3 Å². The van der Waals surface area contributed by atoms with Gasteiger partial charge in [-0.3, -0.25) is 0 Å². The van der Waals surface area contributed by atoms with Crippen molar-refractivity contribution in [2.45, 2.75) is 75.3 Å². The van der Waals surface area contributed by atoms with Gasteiger partial charge in [-0.05, 0) is 133 Å². The maximum Gasteiger partial charge on any atom is 0.0491 e. The van der Waals surface area contributed by atoms with Crippen molar-refractivity contribution in [1.82, 2.24) is 9.13 Å². The Hall–Kier alpha value is -3.52. The maximum atomic E-state index is 2.63. The van der Waals surface area contributed by atoms with E-state index in [2.05, 4.69) is 81.9 Å². The summed E-state index contributed by atoms with van der Waals surface area (Å²) in [5.74, 6) is 2.50. The highest BCUT2D eigenvalue weighted by atomic mass is 15.0. The maximum absolute atomic E-state index is 2.63. The second kappa shape index (κ2) is 7.11. The first-order valence-electron chi connectivity index (χ1n) is 14.9. The number of hydrogen-bond donors (Lipinski definition) is 0. The highest BCUT2D eigenvalue weighted by molar-refractivity contribution is 6.09. The van der Waals surface area contributed by atoms with E-state index in [1.807, 2.05) is 0 Å². The SMILES string of the molecule is c1cc2c3cc1[C@H]1CC[C@H]1c1ccc4c(c1)c1cc5ccc1n4CCCCn2c1ccc(cc31)[C@H]1CC[C@@H]51. The molecule has 0 spiro atoms. The van der Waals surface area contributed by atoms with Crippen LogP contribution in [0.1, 0.15) is 84.5 Å². The molecule has 6 aromatic rings. The molecule has 2 heteroatoms. The van der Waals surface area contributed by atoms with Crippen LogP contribution in [0.3, 0.4) is 0 Å². The molecule has 3 aliphatic carbocycles. The summed E-state index contributed by atoms with van der Waals surface area (Å²) in [6, 6.07) is 30.0. The van der Waals surface area contributed by atoms with E-state index in [1.165, 1.54) is 82.1 Å². The van der Waals surface area contributed by atoms with Gasteiger partial charge in [0.15, 0.2) is 0 Å². The Morgan fingerprint density at radius 2 is 0.684 bits per heavy atom. The molecule has 16 rings (SSSR count). The van der Waals surface area contributed by atoms with Gasteiger partial charge in [0.05, 0.1) is 0 Å². The summed E-state index contributed by atoms with van der Waals surface area (Å²) >= 11 is 0. The van der Waals surface area contributed by atoms with Crippen molar-refractivity contribution >= 4 is 43.6 Å². The average Bonchev–Trinajstić information content (AvgIpc) is 3.36. The van der Waals surface area contributed by atoms with Crippen molar-refractivity contribution in [3.63, 3.8) is 0 Å². The fourth-order valence-corrected chi connectivity index (χ4v) is 8.82. The highest BCUT2D eigenvalue weighted by Crippen LogP contribution is 2.53. The molecule has 0 radical (unpaired) electrons. The van der Waals surface area contributed by atoms with Gasteiger partial charge >= 0.3 is 0 Å². The first-order valence-corrected chi connectivity index (χ1v) is 14.9. The Morgan fingerprint density at radius 3 is 0.947 bits per heavy atom. The average molecular weight is 493 g/mol. The Balaban J connectivity index is 1.36. The second-order valence-electron chi connectivity index (χ2n) is 12.7. The zero-order chi connectivity index (χ0) is 24.5. The van der Waals surface area contributed by atoms with Gasteiger partial charge in [-0.2, -0.15) is 0 Å². The number of fused-ring (bicyclic) bond motifs is 1. The standard InChI is InChI=1S/C36H32N2/c1-2-16-38-35-13-5-23-19-31(35)32-20-24(6-14-36(32)38)28-10-8-26(28)22-4-12-34-30(18-22)29-17-21(25-7-9-27(23)25)3-11-33(29)37(34)15-1/h3-6,11-14,17-20,25-28H,1-2,7-10,15-16H2/t25-,26-,27+,28+. The molecule has 2 nitrogen and oxygen atoms in total. The first-order chi connectivity index (χ1) is 18.8. The molecule has 2 fully saturated rings. The number of hydrogen-bond acceptors (Lipinski definition) is 0. The lowest BCUT2D eigenvalue weighted by atomic mass is 9.66. The predicted molar refractivity (Wildman–Crippen MR) is 158 cm³/mol. The minimum Gasteiger partial charge on any atom is -0.340 e. The summed E-state index contributed by atoms with van der Waals surface area (Å²) in [6.07, 6.45) is 7.58. The fraction of sp³-hybridized carbons (Fsp3) is 0.333. The summed E-state index contributed by atoms with van der Waals surface area (Å²) in [5.41, 5.74) is 11.9. The third-order valence-corrected chi connectivity index (χ3v) is 11.1. The van der Waals surface area contributed by atoms with Crippen LogP contribution in [0, 0.1) is 0 Å². The third-order valence-electron chi connectivity index (χ3n) is 11.1. The van der Waals surface area contributed by atoms with E-state index in [9.17, 15) is 0 Å². The van der Waals surface area contributed by atoms with Crippen molar-refractivity contribution in [3.05, 3.63) is 95.1 Å². The van der Waals surface area contributed by atoms with Crippen molar-refractivity contribution in [2.75, 3.05) is 0 Å². The lowest BCUT2D eigenvalue weighted by molar-refractivity contribution is 0.347. The molecule has 10 aliphatic rings. The molecule has 2 aromatic heterocycles. The van der Waals surface area contributed by atoms with Gasteiger partial charge in [-0.25, -0.2) is 0 Å². The Kier molecular flexibility index (Phi) is 3.83. The smallest absolute Gasteiger partial charge is 0.0491 e. The van der Waals surface area contributed by atoms with E-state index in [0.29, 0.717) is 23.7 Å². The van der Waals surface area contributed by atoms with Crippen molar-refractivity contribution in [3.8, 4) is 0 Å². The summed E-state index contributed by atoms with van der Waals surface area (Å²) in [7, 11) is 0. The van der Waals surface area contributed by atoms with Gasteiger partial charge in [0.25, 0.3) is 0 Å². The first kappa shape index (κ1) is 20.4. The number of rotatable bonds is 0. The third kappa shape index (κ3) is 2.50. The molecule has 2 saturated carbocycles. The van der Waals surface area contributed by atoms with Crippen LogP contribution in [0.4, 0.5) is 0 Å². The van der Waals surface area contributed by atoms with Crippen LogP contribution in [-0.2, 0) is 13.1 Å². The van der Waals surface area contributed by atoms with Crippen LogP contribution >= 0.6 is 0 Å². The van der Waals surface area contributed by atoms with Gasteiger partial charge < -0.3 is 9.13 Å². The summed E-state index contributed by atoms with van der Waals surface area (Å²) < 4.78 is 5.27. The van der Waals surface area contributed by atoms with Crippen LogP contribution in [0.25, 0.3) is 43.6 Å². The second-order valence-corrected chi connectivity index (χ2v) is 12.7. The molecule has 4 aromatic carbocycles. The monoisotopic (exact) mass is 492 g/mol. The molecule has 0 saturated heterocycles. The number of benzene rings is 4. The van der Waals surface area contributed by atoms with E-state index in [4.69, 9.17) is 0 Å². The summed E-state index contributed by atoms with van der Waals surface area (Å²) in [5, 5.41) is 5.92. The predicted octanol–water partition coefficient (Wildman–Crippen LogP) is 9.33. The van der Waals surface area contributed by atoms with E-state index in [1.54, 1.807) is 22.3 Å². The molecule has 0 unspecified atom stereocenters. The molecule has 7 aliphatic heterocycles. The molecule has 0 N–H and O–H groups in total. The minimum absolute atomic E-state index is 0.624. The van der Waals surface area contributed by atoms with Gasteiger partial charge in [-0.15, -0.1) is 0 Å². The summed E-state index contributed by atoms with van der Waals surface area (Å²) in [4.78, 5) is 0. The van der Waals surface area contributed by atoms with Crippen LogP contribution in [0.15, 0.2) is 72.8 Å². The van der Waals surface area contributed by atoms with Crippen molar-refractivity contribution < 1.29 is 0 Å². The topological polar surface area (TPSA) is 9.86 Å². The van der Waals surface area contributed by atoms with Crippen LogP contribution in [-0.4, -0.2) is 9.13 Å². The van der Waals surface area contributed by atoms with Gasteiger partial charge in [0.2, 0.25) is 0 Å². The van der Waals surface area contributed by atoms with Crippen molar-refractivity contribution in [2.24, 2.45) is 0 Å². The molecule has 14 bridgehead atoms. The lowest BCUT2D eigenvalue weighted by Gasteiger charge is -2.38. The molecular formula is C36H32N2. The fourth-order valence-electron chi connectivity index (χ4n) is 8.82. The molecule has 9 heterocycles. The minimum atomic E-state index is 0.624. The molecule has 0 amide bonds. The normalized spacial score (nSPS) is 25.6. The summed E-state index contributed by atoms with van der Waals surface area (Å²) in [6.45, 7) is 2.17. The van der Waals surface area contributed by atoms with Crippen LogP contribution in [0.2, 0.25) is 0 Å². The molecule has 4 atom stereocenters. The lowest BCUT2D eigenvalue weighted by Crippen LogP contribution is -2.22. The highest BCUT2D eigenvalue weighted by Gasteiger charge is 2.36. The quantitative estimate of drug-likeness (QED) is 0.200. The molecular weight excluding hydrogens is 460 g/mol. The Labute approximate surface area is 222 Å². The van der Waals surface area contributed by atoms with Crippen molar-refractivity contribution in [1.29, 1.82) is 0 Å². The molecule has 38 heavy (non-hydrogen) atoms. The van der Waals surface area contributed by atoms with E-state index in [0.717, 1.165) is 13.1 Å². The van der Waals surface area contributed by atoms with E-state index in [-0.39, 0.29) is 0 Å². The number of nitrogens with zero attached hydrogens (tertiary/aromatic N) is 2.